The van der Waals surface area contributed by atoms with Crippen LogP contribution in [-0.4, -0.2) is 15.2 Å². The molecular weight excluding hydrogens is 312 g/mol. The zero-order chi connectivity index (χ0) is 17.1. The number of benzene rings is 2. The summed E-state index contributed by atoms with van der Waals surface area (Å²) in [4.78, 5) is 4.24. The molecule has 0 bridgehead atoms. The van der Waals surface area contributed by atoms with Gasteiger partial charge in [0.25, 0.3) is 0 Å². The van der Waals surface area contributed by atoms with Gasteiger partial charge in [0, 0.05) is 11.8 Å². The van der Waals surface area contributed by atoms with Crippen molar-refractivity contribution in [1.29, 1.82) is 0 Å². The minimum Gasteiger partial charge on any atom is -0.339 e. The summed E-state index contributed by atoms with van der Waals surface area (Å²) in [5.41, 5.74) is 3.21. The summed E-state index contributed by atoms with van der Waals surface area (Å²) in [5, 5.41) is 13.5. The fraction of sp³-hybridized carbons (Fsp3) is 0.118. The maximum atomic E-state index is 13.7. The molecule has 3 aromatic rings. The Kier molecular flexibility index (Phi) is 4.33. The molecule has 122 valence electrons. The summed E-state index contributed by atoms with van der Waals surface area (Å²) >= 11 is 0. The van der Waals surface area contributed by atoms with Gasteiger partial charge in [-0.15, -0.1) is 5.10 Å². The summed E-state index contributed by atoms with van der Waals surface area (Å²) in [6.07, 6.45) is 1.47. The van der Waals surface area contributed by atoms with E-state index in [1.165, 1.54) is 12.3 Å². The molecule has 0 saturated heterocycles. The van der Waals surface area contributed by atoms with Gasteiger partial charge in [0.2, 0.25) is 5.95 Å². The highest BCUT2D eigenvalue weighted by atomic mass is 19.1. The summed E-state index contributed by atoms with van der Waals surface area (Å²) in [6.45, 7) is 4.02. The second-order valence-corrected chi connectivity index (χ2v) is 5.29. The molecule has 1 heterocycles. The van der Waals surface area contributed by atoms with Gasteiger partial charge in [-0.3, -0.25) is 0 Å². The predicted molar refractivity (Wildman–Crippen MR) is 88.7 cm³/mol. The minimum absolute atomic E-state index is 0.0714. The Morgan fingerprint density at radius 3 is 2.58 bits per heavy atom. The van der Waals surface area contributed by atoms with E-state index in [0.717, 1.165) is 28.9 Å². The van der Waals surface area contributed by atoms with E-state index in [0.29, 0.717) is 5.82 Å². The average molecular weight is 327 g/mol. The highest BCUT2D eigenvalue weighted by molar-refractivity contribution is 5.62. The van der Waals surface area contributed by atoms with Crippen LogP contribution in [-0.2, 0) is 0 Å². The molecule has 24 heavy (non-hydrogen) atoms. The molecule has 0 radical (unpaired) electrons. The second kappa shape index (κ2) is 6.57. The average Bonchev–Trinajstić information content (AvgIpc) is 2.55. The van der Waals surface area contributed by atoms with Gasteiger partial charge in [-0.25, -0.2) is 8.78 Å². The predicted octanol–water partition coefficient (Wildman–Crippen LogP) is 4.25. The number of nitrogens with one attached hydrogen (secondary N) is 2. The Morgan fingerprint density at radius 2 is 1.79 bits per heavy atom. The van der Waals surface area contributed by atoms with Crippen LogP contribution < -0.4 is 10.6 Å². The highest BCUT2D eigenvalue weighted by Gasteiger charge is 2.08. The monoisotopic (exact) mass is 327 g/mol. The first-order chi connectivity index (χ1) is 11.5. The van der Waals surface area contributed by atoms with Crippen LogP contribution >= 0.6 is 0 Å². The van der Waals surface area contributed by atoms with E-state index in [4.69, 9.17) is 0 Å². The van der Waals surface area contributed by atoms with Crippen molar-refractivity contribution in [3.05, 3.63) is 65.4 Å². The molecule has 0 fully saturated rings. The summed E-state index contributed by atoms with van der Waals surface area (Å²) in [7, 11) is 0. The van der Waals surface area contributed by atoms with Gasteiger partial charge in [0.1, 0.15) is 11.6 Å². The lowest BCUT2D eigenvalue weighted by Gasteiger charge is -2.11. The fourth-order valence-electron chi connectivity index (χ4n) is 2.15. The quantitative estimate of drug-likeness (QED) is 0.750. The molecule has 0 aliphatic heterocycles. The van der Waals surface area contributed by atoms with Crippen LogP contribution in [0.1, 0.15) is 11.1 Å². The van der Waals surface area contributed by atoms with Crippen LogP contribution in [0.5, 0.6) is 0 Å². The number of rotatable bonds is 4. The molecule has 0 aliphatic rings. The highest BCUT2D eigenvalue weighted by Crippen LogP contribution is 2.23. The molecule has 0 saturated carbocycles. The van der Waals surface area contributed by atoms with Crippen LogP contribution in [0.4, 0.5) is 31.9 Å². The molecule has 0 spiro atoms. The fourth-order valence-corrected chi connectivity index (χ4v) is 2.15. The van der Waals surface area contributed by atoms with Gasteiger partial charge in [-0.1, -0.05) is 12.1 Å². The summed E-state index contributed by atoms with van der Waals surface area (Å²) < 4.78 is 26.6. The molecule has 0 aliphatic carbocycles. The first-order valence-electron chi connectivity index (χ1n) is 7.28. The van der Waals surface area contributed by atoms with E-state index in [9.17, 15) is 8.78 Å². The number of aryl methyl sites for hydroxylation is 1. The lowest BCUT2D eigenvalue weighted by Crippen LogP contribution is -2.04. The smallest absolute Gasteiger partial charge is 0.249 e. The van der Waals surface area contributed by atoms with Crippen molar-refractivity contribution >= 4 is 23.1 Å². The van der Waals surface area contributed by atoms with Crippen molar-refractivity contribution in [2.75, 3.05) is 10.6 Å². The Bertz CT molecular complexity index is 883. The Labute approximate surface area is 137 Å². The molecule has 0 atom stereocenters. The topological polar surface area (TPSA) is 62.7 Å². The Hall–Kier alpha value is -3.09. The molecule has 7 heteroatoms. The van der Waals surface area contributed by atoms with E-state index in [-0.39, 0.29) is 11.6 Å². The molecule has 0 amide bonds. The lowest BCUT2D eigenvalue weighted by atomic mass is 10.1. The third kappa shape index (κ3) is 3.45. The summed E-state index contributed by atoms with van der Waals surface area (Å²) in [6, 6.07) is 9.09. The first-order valence-corrected chi connectivity index (χ1v) is 7.28. The van der Waals surface area contributed by atoms with Crippen LogP contribution in [0.25, 0.3) is 0 Å². The van der Waals surface area contributed by atoms with E-state index in [2.05, 4.69) is 25.8 Å². The van der Waals surface area contributed by atoms with E-state index in [1.807, 2.05) is 32.0 Å². The first kappa shape index (κ1) is 15.8. The molecule has 1 aromatic heterocycles. The number of nitrogens with zero attached hydrogens (tertiary/aromatic N) is 3. The standard InChI is InChI=1S/C17H15F2N5/c1-10-4-3-5-14(11(10)2)21-16-9-20-24-17(23-16)22-15-7-6-12(18)8-13(15)19/h3-9H,1-2H3,(H2,21,22,23,24). The Balaban J connectivity index is 1.82. The zero-order valence-corrected chi connectivity index (χ0v) is 13.1. The lowest BCUT2D eigenvalue weighted by molar-refractivity contribution is 0.586. The summed E-state index contributed by atoms with van der Waals surface area (Å²) in [5.74, 6) is -0.812. The van der Waals surface area contributed by atoms with Crippen molar-refractivity contribution in [2.24, 2.45) is 0 Å². The maximum absolute atomic E-state index is 13.7. The van der Waals surface area contributed by atoms with Gasteiger partial charge >= 0.3 is 0 Å². The molecule has 2 aromatic carbocycles. The van der Waals surface area contributed by atoms with Gasteiger partial charge in [0.15, 0.2) is 5.82 Å². The number of halogens is 2. The largest absolute Gasteiger partial charge is 0.339 e. The molecule has 3 rings (SSSR count). The maximum Gasteiger partial charge on any atom is 0.249 e. The van der Waals surface area contributed by atoms with Crippen LogP contribution in [0.2, 0.25) is 0 Å². The van der Waals surface area contributed by atoms with Crippen LogP contribution in [0, 0.1) is 25.5 Å². The van der Waals surface area contributed by atoms with E-state index >= 15 is 0 Å². The van der Waals surface area contributed by atoms with Gasteiger partial charge in [-0.05, 0) is 43.2 Å². The Morgan fingerprint density at radius 1 is 0.958 bits per heavy atom. The van der Waals surface area contributed by atoms with Crippen LogP contribution in [0.15, 0.2) is 42.6 Å². The van der Waals surface area contributed by atoms with E-state index < -0.39 is 11.6 Å². The van der Waals surface area contributed by atoms with E-state index in [1.54, 1.807) is 0 Å². The van der Waals surface area contributed by atoms with Crippen LogP contribution in [0.3, 0.4) is 0 Å². The van der Waals surface area contributed by atoms with Crippen molar-refractivity contribution in [2.45, 2.75) is 13.8 Å². The normalized spacial score (nSPS) is 10.5. The molecule has 2 N–H and O–H groups in total. The number of hydrogen-bond acceptors (Lipinski definition) is 5. The van der Waals surface area contributed by atoms with Crippen molar-refractivity contribution in [3.63, 3.8) is 0 Å². The van der Waals surface area contributed by atoms with Crippen molar-refractivity contribution in [3.8, 4) is 0 Å². The molecule has 5 nitrogen and oxygen atoms in total. The number of aromatic nitrogens is 3. The van der Waals surface area contributed by atoms with Crippen molar-refractivity contribution < 1.29 is 8.78 Å². The van der Waals surface area contributed by atoms with Gasteiger partial charge < -0.3 is 10.6 Å². The third-order valence-corrected chi connectivity index (χ3v) is 3.60. The molecule has 0 unspecified atom stereocenters. The SMILES string of the molecule is Cc1cccc(Nc2cnnc(Nc3ccc(F)cc3F)n2)c1C. The van der Waals surface area contributed by atoms with Crippen molar-refractivity contribution in [1.82, 2.24) is 15.2 Å². The number of hydrogen-bond donors (Lipinski definition) is 2. The minimum atomic E-state index is -0.730. The second-order valence-electron chi connectivity index (χ2n) is 5.29. The third-order valence-electron chi connectivity index (χ3n) is 3.60. The number of anilines is 4. The zero-order valence-electron chi connectivity index (χ0n) is 13.1. The van der Waals surface area contributed by atoms with Gasteiger partial charge in [-0.2, -0.15) is 10.1 Å². The van der Waals surface area contributed by atoms with Gasteiger partial charge in [0.05, 0.1) is 11.9 Å². The molecular formula is C17H15F2N5.